The number of hydrogen-bond donors (Lipinski definition) is 3. The van der Waals surface area contributed by atoms with Gasteiger partial charge in [0.05, 0.1) is 12.7 Å². The highest BCUT2D eigenvalue weighted by molar-refractivity contribution is 5.91. The van der Waals surface area contributed by atoms with E-state index in [1.807, 2.05) is 0 Å². The number of nitrogens with zero attached hydrogens (tertiary/aromatic N) is 1. The van der Waals surface area contributed by atoms with E-state index in [0.29, 0.717) is 16.8 Å². The Labute approximate surface area is 197 Å². The number of aliphatic hydroxyl groups excluding tert-OH is 3. The molecule has 1 saturated heterocycles. The second-order valence-electron chi connectivity index (χ2n) is 7.38. The lowest BCUT2D eigenvalue weighted by Gasteiger charge is -2.27. The fraction of sp³-hybridized carbons (Fsp3) is 0.269. The predicted molar refractivity (Wildman–Crippen MR) is 126 cm³/mol. The number of anilines is 1. The summed E-state index contributed by atoms with van der Waals surface area (Å²) in [6.45, 7) is 3.27. The predicted octanol–water partition coefficient (Wildman–Crippen LogP) is 4.44. The number of carbonyl (C=O) groups is 1. The summed E-state index contributed by atoms with van der Waals surface area (Å²) in [5, 5.41) is 27.5. The van der Waals surface area contributed by atoms with Crippen LogP contribution in [0.4, 0.5) is 19.3 Å². The third-order valence-corrected chi connectivity index (χ3v) is 5.28. The number of rotatable bonds is 9. The zero-order chi connectivity index (χ0) is 25.1. The number of cyclic esters (lactones) is 1. The molecule has 34 heavy (non-hydrogen) atoms. The van der Waals surface area contributed by atoms with Crippen LogP contribution in [-0.2, 0) is 4.74 Å². The molecule has 1 aliphatic rings. The van der Waals surface area contributed by atoms with E-state index in [0.717, 1.165) is 7.11 Å². The van der Waals surface area contributed by atoms with Gasteiger partial charge in [0, 0.05) is 12.8 Å². The number of aliphatic hydroxyl groups is 3. The second kappa shape index (κ2) is 13.4. The van der Waals surface area contributed by atoms with Crippen LogP contribution in [0.5, 0.6) is 0 Å². The molecule has 0 radical (unpaired) electrons. The molecule has 3 rings (SSSR count). The Kier molecular flexibility index (Phi) is 10.6. The molecule has 3 atom stereocenters. The first-order chi connectivity index (χ1) is 16.4. The molecule has 1 fully saturated rings. The highest BCUT2D eigenvalue weighted by Gasteiger charge is 2.44. The molecule has 1 aliphatic heterocycles. The summed E-state index contributed by atoms with van der Waals surface area (Å²) in [5.74, 6) is -0.838. The summed E-state index contributed by atoms with van der Waals surface area (Å²) >= 11 is 0. The Hall–Kier alpha value is -3.33. The summed E-state index contributed by atoms with van der Waals surface area (Å²) in [6, 6.07) is 10.3. The maximum atomic E-state index is 13.4. The van der Waals surface area contributed by atoms with Crippen molar-refractivity contribution in [2.24, 2.45) is 0 Å². The van der Waals surface area contributed by atoms with Gasteiger partial charge < -0.3 is 20.1 Å². The number of ether oxygens (including phenoxy) is 1. The molecule has 3 N–H and O–H groups in total. The molecule has 8 heteroatoms. The van der Waals surface area contributed by atoms with E-state index in [-0.39, 0.29) is 19.4 Å². The molecule has 1 heterocycles. The third kappa shape index (κ3) is 6.84. The molecular formula is C26H29F2NO5. The number of halogens is 2. The van der Waals surface area contributed by atoms with Crippen LogP contribution >= 0.6 is 0 Å². The molecule has 0 spiro atoms. The smallest absolute Gasteiger partial charge is 0.415 e. The topological polar surface area (TPSA) is 90.2 Å². The molecule has 0 saturated carbocycles. The highest BCUT2D eigenvalue weighted by Crippen LogP contribution is 2.34. The number of hydrogen-bond acceptors (Lipinski definition) is 5. The normalized spacial score (nSPS) is 18.9. The second-order valence-corrected chi connectivity index (χ2v) is 7.38. The average Bonchev–Trinajstić information content (AvgIpc) is 3.18. The van der Waals surface area contributed by atoms with E-state index in [2.05, 4.69) is 6.58 Å². The van der Waals surface area contributed by atoms with E-state index < -0.39 is 36.0 Å². The van der Waals surface area contributed by atoms with Crippen LogP contribution in [0.3, 0.4) is 0 Å². The van der Waals surface area contributed by atoms with Crippen molar-refractivity contribution in [1.29, 1.82) is 0 Å². The van der Waals surface area contributed by atoms with Crippen molar-refractivity contribution in [2.75, 3.05) is 18.6 Å². The monoisotopic (exact) mass is 473 g/mol. The van der Waals surface area contributed by atoms with E-state index in [9.17, 15) is 23.8 Å². The van der Waals surface area contributed by atoms with Gasteiger partial charge in [0.15, 0.2) is 0 Å². The molecule has 3 unspecified atom stereocenters. The van der Waals surface area contributed by atoms with E-state index in [4.69, 9.17) is 9.84 Å². The van der Waals surface area contributed by atoms with Crippen molar-refractivity contribution in [3.63, 3.8) is 0 Å². The summed E-state index contributed by atoms with van der Waals surface area (Å²) in [6.07, 6.45) is 4.99. The van der Waals surface area contributed by atoms with Gasteiger partial charge in [0.1, 0.15) is 23.8 Å². The van der Waals surface area contributed by atoms with Crippen molar-refractivity contribution in [3.8, 4) is 0 Å². The number of benzene rings is 2. The molecule has 0 aliphatic carbocycles. The van der Waals surface area contributed by atoms with Gasteiger partial charge >= 0.3 is 6.09 Å². The molecule has 2 aromatic carbocycles. The maximum absolute atomic E-state index is 13.4. The minimum absolute atomic E-state index is 0.249. The SMILES string of the molecule is C=C/C=C\C=C(/CO)C1C(CCC(O)c2ccc(F)cc2)OC(=O)N1c1ccc(F)cc1.CO. The minimum Gasteiger partial charge on any atom is -0.443 e. The first-order valence-electron chi connectivity index (χ1n) is 10.7. The summed E-state index contributed by atoms with van der Waals surface area (Å²) < 4.78 is 32.2. The fourth-order valence-electron chi connectivity index (χ4n) is 3.70. The Morgan fingerprint density at radius 3 is 2.24 bits per heavy atom. The van der Waals surface area contributed by atoms with Gasteiger partial charge in [-0.3, -0.25) is 4.90 Å². The van der Waals surface area contributed by atoms with E-state index in [1.165, 1.54) is 53.4 Å². The molecule has 0 bridgehead atoms. The summed E-state index contributed by atoms with van der Waals surface area (Å²) in [7, 11) is 1.00. The summed E-state index contributed by atoms with van der Waals surface area (Å²) in [4.78, 5) is 14.1. The quantitative estimate of drug-likeness (QED) is 0.469. The number of carbonyl (C=O) groups excluding carboxylic acids is 1. The van der Waals surface area contributed by atoms with E-state index in [1.54, 1.807) is 24.3 Å². The van der Waals surface area contributed by atoms with Crippen LogP contribution in [-0.4, -0.2) is 47.3 Å². The fourth-order valence-corrected chi connectivity index (χ4v) is 3.70. The standard InChI is InChI=1S/C25H25F2NO4.CH4O/c1-2-3-4-5-18(16-29)24-23(15-14-22(30)17-6-8-19(26)9-7-17)32-25(31)28(24)21-12-10-20(27)11-13-21;1-2/h2-13,22-24,29-30H,1,14-16H2;2H,1H3/b4-3-,18-5+;. The van der Waals surface area contributed by atoms with Crippen molar-refractivity contribution >= 4 is 11.8 Å². The zero-order valence-electron chi connectivity index (χ0n) is 18.8. The van der Waals surface area contributed by atoms with Gasteiger partial charge in [0.25, 0.3) is 0 Å². The van der Waals surface area contributed by atoms with Gasteiger partial charge in [-0.15, -0.1) is 0 Å². The van der Waals surface area contributed by atoms with Crippen molar-refractivity contribution in [2.45, 2.75) is 31.1 Å². The number of allylic oxidation sites excluding steroid dienone is 4. The number of amides is 1. The Balaban J connectivity index is 0.00000199. The molecule has 6 nitrogen and oxygen atoms in total. The molecule has 2 aromatic rings. The zero-order valence-corrected chi connectivity index (χ0v) is 18.8. The van der Waals surface area contributed by atoms with Gasteiger partial charge in [0.2, 0.25) is 0 Å². The Morgan fingerprint density at radius 1 is 1.09 bits per heavy atom. The van der Waals surface area contributed by atoms with Crippen LogP contribution in [0, 0.1) is 11.6 Å². The maximum Gasteiger partial charge on any atom is 0.415 e. The van der Waals surface area contributed by atoms with Crippen LogP contribution in [0.25, 0.3) is 0 Å². The van der Waals surface area contributed by atoms with Crippen LogP contribution in [0.15, 0.2) is 85.0 Å². The van der Waals surface area contributed by atoms with Gasteiger partial charge in [-0.1, -0.05) is 43.0 Å². The van der Waals surface area contributed by atoms with Crippen molar-refractivity contribution < 1.29 is 33.6 Å². The lowest BCUT2D eigenvalue weighted by Crippen LogP contribution is -2.39. The average molecular weight is 474 g/mol. The Morgan fingerprint density at radius 2 is 1.68 bits per heavy atom. The first kappa shape index (κ1) is 26.9. The van der Waals surface area contributed by atoms with Gasteiger partial charge in [-0.25, -0.2) is 13.6 Å². The highest BCUT2D eigenvalue weighted by atomic mass is 19.1. The van der Waals surface area contributed by atoms with Crippen LogP contribution in [0.2, 0.25) is 0 Å². The Bertz CT molecular complexity index is 989. The summed E-state index contributed by atoms with van der Waals surface area (Å²) in [5.41, 5.74) is 1.49. The molecule has 0 aromatic heterocycles. The third-order valence-electron chi connectivity index (χ3n) is 5.28. The van der Waals surface area contributed by atoms with Crippen molar-refractivity contribution in [3.05, 3.63) is 102 Å². The van der Waals surface area contributed by atoms with E-state index >= 15 is 0 Å². The van der Waals surface area contributed by atoms with Crippen molar-refractivity contribution in [1.82, 2.24) is 0 Å². The largest absolute Gasteiger partial charge is 0.443 e. The van der Waals surface area contributed by atoms with Gasteiger partial charge in [-0.05, 0) is 60.4 Å². The first-order valence-corrected chi connectivity index (χ1v) is 10.7. The lowest BCUT2D eigenvalue weighted by atomic mass is 9.94. The molecule has 182 valence electrons. The molecular weight excluding hydrogens is 444 g/mol. The lowest BCUT2D eigenvalue weighted by molar-refractivity contribution is 0.103. The minimum atomic E-state index is -0.878. The van der Waals surface area contributed by atoms with Gasteiger partial charge in [-0.2, -0.15) is 0 Å². The molecule has 1 amide bonds. The van der Waals surface area contributed by atoms with Crippen LogP contribution < -0.4 is 4.90 Å². The van der Waals surface area contributed by atoms with Crippen LogP contribution in [0.1, 0.15) is 24.5 Å².